The van der Waals surface area contributed by atoms with Crippen LogP contribution in [0, 0.1) is 0 Å². The van der Waals surface area contributed by atoms with Crippen molar-refractivity contribution in [2.45, 2.75) is 50.0 Å². The largest absolute Gasteiger partial charge is 0.495 e. The minimum atomic E-state index is -3.76. The van der Waals surface area contributed by atoms with Gasteiger partial charge in [-0.15, -0.1) is 0 Å². The number of carbonyl (C=O) groups is 1. The maximum absolute atomic E-state index is 13.4. The first kappa shape index (κ1) is 26.2. The SMILES string of the molecule is CCc1ccc(C(CNC(=O)c2ccc(OC)c(S(=O)(=O)N3CCCCCC3)c2)N(C)C)cc1. The molecule has 1 N–H and O–H groups in total. The molecule has 1 heterocycles. The van der Waals surface area contributed by atoms with Crippen LogP contribution < -0.4 is 10.1 Å². The Morgan fingerprint density at radius 3 is 2.26 bits per heavy atom. The first-order valence-electron chi connectivity index (χ1n) is 12.0. The standard InChI is InChI=1S/C26H37N3O4S/c1-5-20-10-12-21(13-11-20)23(28(2)3)19-27-26(30)22-14-15-24(33-4)25(18-22)34(31,32)29-16-8-6-7-9-17-29/h10-15,18,23H,5-9,16-17,19H2,1-4H3,(H,27,30). The lowest BCUT2D eigenvalue weighted by molar-refractivity contribution is 0.0941. The summed E-state index contributed by atoms with van der Waals surface area (Å²) < 4.78 is 33.7. The Labute approximate surface area is 204 Å². The van der Waals surface area contributed by atoms with Gasteiger partial charge in [0, 0.05) is 25.2 Å². The molecule has 1 unspecified atom stereocenters. The zero-order valence-corrected chi connectivity index (χ0v) is 21.5. The molecule has 8 heteroatoms. The normalized spacial score (nSPS) is 16.1. The maximum atomic E-state index is 13.4. The van der Waals surface area contributed by atoms with Gasteiger partial charge < -0.3 is 15.0 Å². The van der Waals surface area contributed by atoms with Crippen LogP contribution in [0.15, 0.2) is 47.4 Å². The summed E-state index contributed by atoms with van der Waals surface area (Å²) in [6.07, 6.45) is 4.71. The van der Waals surface area contributed by atoms with E-state index in [4.69, 9.17) is 4.74 Å². The van der Waals surface area contributed by atoms with Gasteiger partial charge in [0.05, 0.1) is 13.2 Å². The number of hydrogen-bond acceptors (Lipinski definition) is 5. The molecule has 0 saturated carbocycles. The van der Waals surface area contributed by atoms with Gasteiger partial charge >= 0.3 is 0 Å². The lowest BCUT2D eigenvalue weighted by Gasteiger charge is -2.25. The molecule has 1 atom stereocenters. The van der Waals surface area contributed by atoms with Crippen LogP contribution in [0.4, 0.5) is 0 Å². The average molecular weight is 488 g/mol. The number of aryl methyl sites for hydroxylation is 1. The first-order valence-corrected chi connectivity index (χ1v) is 13.4. The van der Waals surface area contributed by atoms with E-state index in [9.17, 15) is 13.2 Å². The molecule has 3 rings (SSSR count). The topological polar surface area (TPSA) is 78.9 Å². The first-order chi connectivity index (χ1) is 16.3. The smallest absolute Gasteiger partial charge is 0.251 e. The van der Waals surface area contributed by atoms with E-state index in [2.05, 4.69) is 41.4 Å². The van der Waals surface area contributed by atoms with Crippen LogP contribution in [-0.2, 0) is 16.4 Å². The third kappa shape index (κ3) is 6.17. The molecule has 1 amide bonds. The predicted molar refractivity (Wildman–Crippen MR) is 135 cm³/mol. The van der Waals surface area contributed by atoms with Crippen LogP contribution in [0.5, 0.6) is 5.75 Å². The molecule has 2 aromatic rings. The van der Waals surface area contributed by atoms with E-state index < -0.39 is 10.0 Å². The van der Waals surface area contributed by atoms with E-state index in [-0.39, 0.29) is 22.6 Å². The molecule has 0 spiro atoms. The molecule has 1 aliphatic rings. The maximum Gasteiger partial charge on any atom is 0.251 e. The summed E-state index contributed by atoms with van der Waals surface area (Å²) in [5, 5.41) is 2.98. The summed E-state index contributed by atoms with van der Waals surface area (Å²) in [5.41, 5.74) is 2.68. The fourth-order valence-electron chi connectivity index (χ4n) is 4.31. The Balaban J connectivity index is 1.80. The molecule has 34 heavy (non-hydrogen) atoms. The molecule has 1 fully saturated rings. The van der Waals surface area contributed by atoms with Crippen molar-refractivity contribution in [3.05, 3.63) is 59.2 Å². The van der Waals surface area contributed by atoms with Gasteiger partial charge in [-0.3, -0.25) is 4.79 Å². The molecule has 1 aliphatic heterocycles. The molecule has 1 saturated heterocycles. The van der Waals surface area contributed by atoms with Gasteiger partial charge in [-0.05, 0) is 62.7 Å². The van der Waals surface area contributed by atoms with Gasteiger partial charge in [-0.2, -0.15) is 4.31 Å². The van der Waals surface area contributed by atoms with E-state index >= 15 is 0 Å². The van der Waals surface area contributed by atoms with Crippen molar-refractivity contribution >= 4 is 15.9 Å². The van der Waals surface area contributed by atoms with Crippen LogP contribution >= 0.6 is 0 Å². The highest BCUT2D eigenvalue weighted by molar-refractivity contribution is 7.89. The van der Waals surface area contributed by atoms with Gasteiger partial charge in [0.2, 0.25) is 10.0 Å². The Morgan fingerprint density at radius 2 is 1.71 bits per heavy atom. The number of nitrogens with one attached hydrogen (secondary N) is 1. The highest BCUT2D eigenvalue weighted by Crippen LogP contribution is 2.29. The third-order valence-corrected chi connectivity index (χ3v) is 8.38. The van der Waals surface area contributed by atoms with E-state index in [1.165, 1.54) is 23.0 Å². The number of likely N-dealkylation sites (N-methyl/N-ethyl adjacent to an activating group) is 1. The second-order valence-electron chi connectivity index (χ2n) is 8.97. The van der Waals surface area contributed by atoms with Crippen molar-refractivity contribution in [2.24, 2.45) is 0 Å². The van der Waals surface area contributed by atoms with E-state index in [0.717, 1.165) is 37.7 Å². The van der Waals surface area contributed by atoms with Gasteiger partial charge in [0.25, 0.3) is 5.91 Å². The Bertz CT molecular complexity index is 1060. The van der Waals surface area contributed by atoms with Crippen molar-refractivity contribution < 1.29 is 17.9 Å². The van der Waals surface area contributed by atoms with Crippen LogP contribution in [0.25, 0.3) is 0 Å². The molecule has 0 aliphatic carbocycles. The van der Waals surface area contributed by atoms with E-state index in [0.29, 0.717) is 25.2 Å². The molecule has 7 nitrogen and oxygen atoms in total. The summed E-state index contributed by atoms with van der Waals surface area (Å²) >= 11 is 0. The van der Waals surface area contributed by atoms with Crippen molar-refractivity contribution in [2.75, 3.05) is 40.8 Å². The molecular formula is C26H37N3O4S. The number of benzene rings is 2. The van der Waals surface area contributed by atoms with Crippen molar-refractivity contribution in [3.8, 4) is 5.75 Å². The summed E-state index contributed by atoms with van der Waals surface area (Å²) in [5.74, 6) is -0.0602. The van der Waals surface area contributed by atoms with Gasteiger partial charge in [-0.25, -0.2) is 8.42 Å². The molecule has 0 aromatic heterocycles. The van der Waals surface area contributed by atoms with Crippen LogP contribution in [0.3, 0.4) is 0 Å². The summed E-state index contributed by atoms with van der Waals surface area (Å²) in [7, 11) is 1.64. The second-order valence-corrected chi connectivity index (χ2v) is 10.9. The fraction of sp³-hybridized carbons (Fsp3) is 0.500. The van der Waals surface area contributed by atoms with Crippen LogP contribution in [0.2, 0.25) is 0 Å². The lowest BCUT2D eigenvalue weighted by atomic mass is 10.0. The lowest BCUT2D eigenvalue weighted by Crippen LogP contribution is -2.35. The van der Waals surface area contributed by atoms with Gasteiger partial charge in [0.1, 0.15) is 10.6 Å². The summed E-state index contributed by atoms with van der Waals surface area (Å²) in [6, 6.07) is 13.0. The Kier molecular flexibility index (Phi) is 9.10. The number of methoxy groups -OCH3 is 1. The highest BCUT2D eigenvalue weighted by atomic mass is 32.2. The number of ether oxygens (including phenoxy) is 1. The molecule has 0 radical (unpaired) electrons. The zero-order chi connectivity index (χ0) is 24.7. The van der Waals surface area contributed by atoms with Crippen LogP contribution in [-0.4, -0.2) is 64.4 Å². The van der Waals surface area contributed by atoms with Crippen LogP contribution in [0.1, 0.15) is 60.1 Å². The van der Waals surface area contributed by atoms with E-state index in [1.807, 2.05) is 14.1 Å². The number of nitrogens with zero attached hydrogens (tertiary/aromatic N) is 2. The fourth-order valence-corrected chi connectivity index (χ4v) is 6.00. The van der Waals surface area contributed by atoms with E-state index in [1.54, 1.807) is 12.1 Å². The highest BCUT2D eigenvalue weighted by Gasteiger charge is 2.29. The van der Waals surface area contributed by atoms with Crippen molar-refractivity contribution in [1.82, 2.24) is 14.5 Å². The summed E-state index contributed by atoms with van der Waals surface area (Å²) in [4.78, 5) is 15.1. The number of carbonyl (C=O) groups excluding carboxylic acids is 1. The third-order valence-electron chi connectivity index (χ3n) is 6.46. The Morgan fingerprint density at radius 1 is 1.06 bits per heavy atom. The molecule has 2 aromatic carbocycles. The zero-order valence-electron chi connectivity index (χ0n) is 20.7. The second kappa shape index (κ2) is 11.8. The predicted octanol–water partition coefficient (Wildman–Crippen LogP) is 3.86. The minimum Gasteiger partial charge on any atom is -0.495 e. The van der Waals surface area contributed by atoms with Gasteiger partial charge in [-0.1, -0.05) is 44.0 Å². The molecule has 0 bridgehead atoms. The monoisotopic (exact) mass is 487 g/mol. The molecule has 186 valence electrons. The number of amides is 1. The molecular weight excluding hydrogens is 450 g/mol. The van der Waals surface area contributed by atoms with Crippen molar-refractivity contribution in [3.63, 3.8) is 0 Å². The number of sulfonamides is 1. The number of rotatable bonds is 9. The Hall–Kier alpha value is -2.42. The number of hydrogen-bond donors (Lipinski definition) is 1. The average Bonchev–Trinajstić information content (AvgIpc) is 3.14. The van der Waals surface area contributed by atoms with Crippen molar-refractivity contribution in [1.29, 1.82) is 0 Å². The minimum absolute atomic E-state index is 0.00610. The summed E-state index contributed by atoms with van der Waals surface area (Å²) in [6.45, 7) is 3.50. The van der Waals surface area contributed by atoms with Gasteiger partial charge in [0.15, 0.2) is 0 Å². The quantitative estimate of drug-likeness (QED) is 0.581.